The number of nitrogens with zero attached hydrogens (tertiary/aromatic N) is 3. The molecule has 106 valence electrons. The first-order valence-corrected chi connectivity index (χ1v) is 7.25. The van der Waals surface area contributed by atoms with Crippen LogP contribution in [0.5, 0.6) is 0 Å². The van der Waals surface area contributed by atoms with E-state index in [4.69, 9.17) is 0 Å². The van der Waals surface area contributed by atoms with Crippen LogP contribution in [0.4, 0.5) is 5.95 Å². The molecule has 1 aromatic heterocycles. The highest BCUT2D eigenvalue weighted by atomic mass is 15.2. The van der Waals surface area contributed by atoms with Crippen LogP contribution in [0.3, 0.4) is 0 Å². The van der Waals surface area contributed by atoms with Gasteiger partial charge in [-0.25, -0.2) is 9.97 Å². The van der Waals surface area contributed by atoms with Crippen molar-refractivity contribution in [1.82, 2.24) is 15.3 Å². The van der Waals surface area contributed by atoms with Gasteiger partial charge in [0.1, 0.15) is 0 Å². The van der Waals surface area contributed by atoms with E-state index in [1.807, 2.05) is 12.4 Å². The van der Waals surface area contributed by atoms with Crippen molar-refractivity contribution in [3.05, 3.63) is 18.0 Å². The zero-order valence-corrected chi connectivity index (χ0v) is 12.6. The maximum atomic E-state index is 4.50. The molecule has 4 heteroatoms. The first kappa shape index (κ1) is 14.3. The van der Waals surface area contributed by atoms with Crippen LogP contribution in [-0.2, 0) is 6.54 Å². The van der Waals surface area contributed by atoms with E-state index in [0.717, 1.165) is 31.1 Å². The lowest BCUT2D eigenvalue weighted by molar-refractivity contribution is 0.278. The summed E-state index contributed by atoms with van der Waals surface area (Å²) >= 11 is 0. The molecular weight excluding hydrogens is 236 g/mol. The normalized spacial score (nSPS) is 18.9. The molecule has 2 rings (SSSR count). The van der Waals surface area contributed by atoms with Gasteiger partial charge in [0, 0.05) is 43.6 Å². The van der Waals surface area contributed by atoms with Crippen molar-refractivity contribution < 1.29 is 0 Å². The van der Waals surface area contributed by atoms with E-state index in [1.54, 1.807) is 0 Å². The van der Waals surface area contributed by atoms with Gasteiger partial charge in [-0.15, -0.1) is 0 Å². The number of nitrogens with one attached hydrogen (secondary N) is 1. The van der Waals surface area contributed by atoms with Crippen LogP contribution in [-0.4, -0.2) is 29.1 Å². The molecule has 0 aliphatic carbocycles. The van der Waals surface area contributed by atoms with Crippen LogP contribution in [0.1, 0.15) is 46.1 Å². The second kappa shape index (κ2) is 5.87. The van der Waals surface area contributed by atoms with Gasteiger partial charge in [0.05, 0.1) is 0 Å². The van der Waals surface area contributed by atoms with E-state index >= 15 is 0 Å². The Balaban J connectivity index is 1.92. The molecule has 0 bridgehead atoms. The molecule has 1 N–H and O–H groups in total. The number of aromatic nitrogens is 2. The molecule has 0 atom stereocenters. The van der Waals surface area contributed by atoms with Gasteiger partial charge in [0.25, 0.3) is 0 Å². The Bertz CT molecular complexity index is 387. The standard InChI is InChI=1S/C15H26N4/c1-12(2)16-9-13-10-17-14(18-11-13)19-7-5-15(3,4)6-8-19/h10-12,16H,5-9H2,1-4H3. The second-order valence-corrected chi connectivity index (χ2v) is 6.58. The Morgan fingerprint density at radius 2 is 1.79 bits per heavy atom. The summed E-state index contributed by atoms with van der Waals surface area (Å²) in [6, 6.07) is 0.490. The van der Waals surface area contributed by atoms with Crippen LogP contribution in [0.25, 0.3) is 0 Å². The summed E-state index contributed by atoms with van der Waals surface area (Å²) in [4.78, 5) is 11.3. The summed E-state index contributed by atoms with van der Waals surface area (Å²) in [6.07, 6.45) is 6.31. The van der Waals surface area contributed by atoms with E-state index in [9.17, 15) is 0 Å². The zero-order valence-electron chi connectivity index (χ0n) is 12.6. The van der Waals surface area contributed by atoms with E-state index in [0.29, 0.717) is 11.5 Å². The SMILES string of the molecule is CC(C)NCc1cnc(N2CCC(C)(C)CC2)nc1. The molecule has 1 aromatic rings. The maximum absolute atomic E-state index is 4.50. The number of hydrogen-bond donors (Lipinski definition) is 1. The predicted octanol–water partition coefficient (Wildman–Crippen LogP) is 2.60. The second-order valence-electron chi connectivity index (χ2n) is 6.58. The molecular formula is C15H26N4. The molecule has 1 aliphatic heterocycles. The van der Waals surface area contributed by atoms with Crippen molar-refractivity contribution >= 4 is 5.95 Å². The van der Waals surface area contributed by atoms with Gasteiger partial charge < -0.3 is 10.2 Å². The Morgan fingerprint density at radius 3 is 2.32 bits per heavy atom. The average Bonchev–Trinajstić information content (AvgIpc) is 2.37. The first-order chi connectivity index (χ1) is 8.96. The van der Waals surface area contributed by atoms with Gasteiger partial charge in [-0.1, -0.05) is 27.7 Å². The first-order valence-electron chi connectivity index (χ1n) is 7.25. The smallest absolute Gasteiger partial charge is 0.225 e. The topological polar surface area (TPSA) is 41.1 Å². The summed E-state index contributed by atoms with van der Waals surface area (Å²) < 4.78 is 0. The molecule has 4 nitrogen and oxygen atoms in total. The molecule has 0 spiro atoms. The van der Waals surface area contributed by atoms with Gasteiger partial charge in [0.2, 0.25) is 5.95 Å². The highest BCUT2D eigenvalue weighted by Gasteiger charge is 2.26. The lowest BCUT2D eigenvalue weighted by Gasteiger charge is -2.36. The summed E-state index contributed by atoms with van der Waals surface area (Å²) in [5, 5.41) is 3.38. The van der Waals surface area contributed by atoms with E-state index in [2.05, 4.69) is 47.9 Å². The lowest BCUT2D eigenvalue weighted by atomic mass is 9.83. The number of hydrogen-bond acceptors (Lipinski definition) is 4. The number of rotatable bonds is 4. The Morgan fingerprint density at radius 1 is 1.21 bits per heavy atom. The van der Waals surface area contributed by atoms with Crippen LogP contribution >= 0.6 is 0 Å². The summed E-state index contributed by atoms with van der Waals surface area (Å²) in [5.74, 6) is 0.879. The fraction of sp³-hybridized carbons (Fsp3) is 0.733. The van der Waals surface area contributed by atoms with Gasteiger partial charge in [-0.3, -0.25) is 0 Å². The molecule has 0 aromatic carbocycles. The van der Waals surface area contributed by atoms with Gasteiger partial charge in [0.15, 0.2) is 0 Å². The van der Waals surface area contributed by atoms with Crippen LogP contribution in [0.15, 0.2) is 12.4 Å². The minimum Gasteiger partial charge on any atom is -0.341 e. The van der Waals surface area contributed by atoms with Gasteiger partial charge in [-0.05, 0) is 18.3 Å². The van der Waals surface area contributed by atoms with Crippen molar-refractivity contribution in [3.8, 4) is 0 Å². The molecule has 1 saturated heterocycles. The maximum Gasteiger partial charge on any atom is 0.225 e. The molecule has 0 amide bonds. The monoisotopic (exact) mass is 262 g/mol. The quantitative estimate of drug-likeness (QED) is 0.905. The summed E-state index contributed by atoms with van der Waals surface area (Å²) in [7, 11) is 0. The third kappa shape index (κ3) is 4.16. The number of anilines is 1. The Hall–Kier alpha value is -1.16. The van der Waals surface area contributed by atoms with Crippen LogP contribution in [0.2, 0.25) is 0 Å². The van der Waals surface area contributed by atoms with E-state index in [-0.39, 0.29) is 0 Å². The van der Waals surface area contributed by atoms with Crippen molar-refractivity contribution in [1.29, 1.82) is 0 Å². The zero-order chi connectivity index (χ0) is 13.9. The number of piperidine rings is 1. The fourth-order valence-corrected chi connectivity index (χ4v) is 2.24. The Kier molecular flexibility index (Phi) is 4.40. The molecule has 2 heterocycles. The molecule has 1 fully saturated rings. The minimum absolute atomic E-state index is 0.470. The molecule has 0 saturated carbocycles. The van der Waals surface area contributed by atoms with Gasteiger partial charge >= 0.3 is 0 Å². The van der Waals surface area contributed by atoms with Crippen molar-refractivity contribution in [3.63, 3.8) is 0 Å². The van der Waals surface area contributed by atoms with Crippen molar-refractivity contribution in [2.24, 2.45) is 5.41 Å². The lowest BCUT2D eigenvalue weighted by Crippen LogP contribution is -2.38. The third-order valence-electron chi connectivity index (χ3n) is 3.81. The highest BCUT2D eigenvalue weighted by Crippen LogP contribution is 2.30. The average molecular weight is 262 g/mol. The summed E-state index contributed by atoms with van der Waals surface area (Å²) in [5.41, 5.74) is 1.62. The van der Waals surface area contributed by atoms with Crippen molar-refractivity contribution in [2.45, 2.75) is 53.1 Å². The van der Waals surface area contributed by atoms with Crippen molar-refractivity contribution in [2.75, 3.05) is 18.0 Å². The Labute approximate surface area is 116 Å². The van der Waals surface area contributed by atoms with E-state index < -0.39 is 0 Å². The largest absolute Gasteiger partial charge is 0.341 e. The molecule has 19 heavy (non-hydrogen) atoms. The van der Waals surface area contributed by atoms with Crippen LogP contribution < -0.4 is 10.2 Å². The van der Waals surface area contributed by atoms with Gasteiger partial charge in [-0.2, -0.15) is 0 Å². The molecule has 0 unspecified atom stereocenters. The summed E-state index contributed by atoms with van der Waals surface area (Å²) in [6.45, 7) is 11.9. The molecule has 1 aliphatic rings. The highest BCUT2D eigenvalue weighted by molar-refractivity contribution is 5.30. The third-order valence-corrected chi connectivity index (χ3v) is 3.81. The molecule has 0 radical (unpaired) electrons. The van der Waals surface area contributed by atoms with Crippen LogP contribution in [0, 0.1) is 5.41 Å². The fourth-order valence-electron chi connectivity index (χ4n) is 2.24. The predicted molar refractivity (Wildman–Crippen MR) is 79.2 cm³/mol. The minimum atomic E-state index is 0.470. The van der Waals surface area contributed by atoms with E-state index in [1.165, 1.54) is 12.8 Å².